The number of amidine groups is 1. The smallest absolute Gasteiger partial charge is 0.255 e. The molecule has 0 unspecified atom stereocenters. The molecule has 1 aliphatic rings. The number of nitrogens with zero attached hydrogens (tertiary/aromatic N) is 2. The van der Waals surface area contributed by atoms with Gasteiger partial charge in [-0.2, -0.15) is 10.1 Å². The highest BCUT2D eigenvalue weighted by atomic mass is 35.5. The molecule has 5 nitrogen and oxygen atoms in total. The first kappa shape index (κ1) is 14.6. The van der Waals surface area contributed by atoms with Gasteiger partial charge in [-0.15, -0.1) is 0 Å². The average molecular weight is 312 g/mol. The predicted molar refractivity (Wildman–Crippen MR) is 79.0 cm³/mol. The van der Waals surface area contributed by atoms with Gasteiger partial charge in [0.05, 0.1) is 22.2 Å². The Kier molecular flexibility index (Phi) is 4.11. The number of carbonyl (C=O) groups is 2. The molecule has 1 aromatic rings. The third-order valence-corrected chi connectivity index (χ3v) is 3.39. The van der Waals surface area contributed by atoms with Gasteiger partial charge >= 0.3 is 0 Å². The number of halogens is 2. The number of nitrogens with one attached hydrogen (secondary N) is 1. The van der Waals surface area contributed by atoms with E-state index in [9.17, 15) is 9.59 Å². The van der Waals surface area contributed by atoms with E-state index < -0.39 is 0 Å². The standard InChI is InChI=1S/C13H11Cl2N3O2/c1-7(2)13(20)16-10-6-11(19)18(17-10)9-5-3-4-8(14)12(9)15/h3-5H,1,6H2,2H3,(H,16,17,20). The van der Waals surface area contributed by atoms with E-state index in [4.69, 9.17) is 23.2 Å². The summed E-state index contributed by atoms with van der Waals surface area (Å²) in [6.07, 6.45) is -0.0120. The zero-order chi connectivity index (χ0) is 14.9. The lowest BCUT2D eigenvalue weighted by Gasteiger charge is -2.13. The Hall–Kier alpha value is -1.85. The number of rotatable bonds is 2. The summed E-state index contributed by atoms with van der Waals surface area (Å²) in [6.45, 7) is 5.08. The van der Waals surface area contributed by atoms with Gasteiger partial charge in [0.1, 0.15) is 5.84 Å². The molecule has 1 N–H and O–H groups in total. The van der Waals surface area contributed by atoms with Crippen LogP contribution in [-0.2, 0) is 9.59 Å². The molecule has 1 aliphatic heterocycles. The van der Waals surface area contributed by atoms with Crippen LogP contribution in [0.2, 0.25) is 10.0 Å². The third-order valence-electron chi connectivity index (χ3n) is 2.58. The fourth-order valence-electron chi connectivity index (χ4n) is 1.58. The van der Waals surface area contributed by atoms with Crippen LogP contribution in [0.15, 0.2) is 35.5 Å². The van der Waals surface area contributed by atoms with E-state index in [2.05, 4.69) is 17.0 Å². The molecule has 0 bridgehead atoms. The van der Waals surface area contributed by atoms with Crippen LogP contribution in [0.25, 0.3) is 0 Å². The van der Waals surface area contributed by atoms with Gasteiger partial charge in [0.25, 0.3) is 11.8 Å². The third kappa shape index (κ3) is 2.84. The lowest BCUT2D eigenvalue weighted by molar-refractivity contribution is -0.116. The molecule has 104 valence electrons. The van der Waals surface area contributed by atoms with Crippen LogP contribution in [0.3, 0.4) is 0 Å². The van der Waals surface area contributed by atoms with E-state index in [0.717, 1.165) is 5.01 Å². The van der Waals surface area contributed by atoms with Gasteiger partial charge < -0.3 is 5.32 Å². The van der Waals surface area contributed by atoms with Crippen molar-refractivity contribution in [3.05, 3.63) is 40.4 Å². The van der Waals surface area contributed by atoms with Crippen LogP contribution >= 0.6 is 23.2 Å². The highest BCUT2D eigenvalue weighted by Crippen LogP contribution is 2.34. The van der Waals surface area contributed by atoms with Crippen LogP contribution in [0.5, 0.6) is 0 Å². The Morgan fingerprint density at radius 3 is 2.80 bits per heavy atom. The second-order valence-electron chi connectivity index (χ2n) is 4.24. The number of anilines is 1. The topological polar surface area (TPSA) is 61.8 Å². The van der Waals surface area contributed by atoms with Gasteiger partial charge in [-0.1, -0.05) is 35.8 Å². The SMILES string of the molecule is C=C(C)C(=O)NC1=NN(c2cccc(Cl)c2Cl)C(=O)C1. The van der Waals surface area contributed by atoms with E-state index in [0.29, 0.717) is 16.3 Å². The van der Waals surface area contributed by atoms with E-state index in [1.54, 1.807) is 25.1 Å². The molecule has 0 aromatic heterocycles. The Balaban J connectivity index is 2.27. The summed E-state index contributed by atoms with van der Waals surface area (Å²) in [4.78, 5) is 23.4. The number of carbonyl (C=O) groups excluding carboxylic acids is 2. The number of hydrazone groups is 1. The maximum absolute atomic E-state index is 11.9. The molecule has 2 amide bonds. The summed E-state index contributed by atoms with van der Waals surface area (Å²) in [6, 6.07) is 4.90. The van der Waals surface area contributed by atoms with Gasteiger partial charge in [0.2, 0.25) is 0 Å². The second-order valence-corrected chi connectivity index (χ2v) is 5.02. The molecular formula is C13H11Cl2N3O2. The molecule has 0 spiro atoms. The molecule has 0 fully saturated rings. The molecular weight excluding hydrogens is 301 g/mol. The van der Waals surface area contributed by atoms with Crippen molar-refractivity contribution in [3.8, 4) is 0 Å². The van der Waals surface area contributed by atoms with E-state index in [1.165, 1.54) is 0 Å². The molecule has 1 aromatic carbocycles. The summed E-state index contributed by atoms with van der Waals surface area (Å²) >= 11 is 11.9. The molecule has 20 heavy (non-hydrogen) atoms. The van der Waals surface area contributed by atoms with E-state index in [-0.39, 0.29) is 29.1 Å². The van der Waals surface area contributed by atoms with Crippen LogP contribution in [-0.4, -0.2) is 17.6 Å². The Morgan fingerprint density at radius 2 is 2.15 bits per heavy atom. The van der Waals surface area contributed by atoms with Crippen molar-refractivity contribution in [1.82, 2.24) is 5.32 Å². The Labute approximate surface area is 125 Å². The number of hydrogen-bond acceptors (Lipinski definition) is 3. The maximum atomic E-state index is 11.9. The first-order valence-corrected chi connectivity index (χ1v) is 6.47. The molecule has 0 saturated carbocycles. The largest absolute Gasteiger partial charge is 0.308 e. The van der Waals surface area contributed by atoms with Crippen molar-refractivity contribution in [2.45, 2.75) is 13.3 Å². The zero-order valence-corrected chi connectivity index (χ0v) is 12.1. The zero-order valence-electron chi connectivity index (χ0n) is 10.6. The summed E-state index contributed by atoms with van der Waals surface area (Å²) in [5, 5.41) is 8.25. The number of amides is 2. The molecule has 0 aliphatic carbocycles. The normalized spacial score (nSPS) is 14.2. The molecule has 2 rings (SSSR count). The van der Waals surface area contributed by atoms with Crippen LogP contribution in [0.4, 0.5) is 5.69 Å². The van der Waals surface area contributed by atoms with Gasteiger partial charge in [-0.25, -0.2) is 0 Å². The average Bonchev–Trinajstić information content (AvgIpc) is 2.73. The first-order chi connectivity index (χ1) is 9.40. The van der Waals surface area contributed by atoms with Gasteiger partial charge in [-0.3, -0.25) is 9.59 Å². The van der Waals surface area contributed by atoms with Crippen molar-refractivity contribution < 1.29 is 9.59 Å². The van der Waals surface area contributed by atoms with Gasteiger partial charge in [0.15, 0.2) is 0 Å². The Bertz CT molecular complexity index is 641. The minimum absolute atomic E-state index is 0.0120. The van der Waals surface area contributed by atoms with Gasteiger partial charge in [-0.05, 0) is 19.1 Å². The summed E-state index contributed by atoms with van der Waals surface area (Å²) in [5.74, 6) is -0.430. The summed E-state index contributed by atoms with van der Waals surface area (Å²) < 4.78 is 0. The predicted octanol–water partition coefficient (Wildman–Crippen LogP) is 2.74. The maximum Gasteiger partial charge on any atom is 0.255 e. The molecule has 7 heteroatoms. The van der Waals surface area contributed by atoms with Crippen molar-refractivity contribution >= 4 is 46.5 Å². The Morgan fingerprint density at radius 1 is 1.45 bits per heavy atom. The lowest BCUT2D eigenvalue weighted by atomic mass is 10.3. The number of hydrogen-bond donors (Lipinski definition) is 1. The molecule has 0 radical (unpaired) electrons. The van der Waals surface area contributed by atoms with Crippen molar-refractivity contribution in [2.24, 2.45) is 5.10 Å². The summed E-state index contributed by atoms with van der Waals surface area (Å²) in [7, 11) is 0. The van der Waals surface area contributed by atoms with Crippen LogP contribution in [0.1, 0.15) is 13.3 Å². The van der Waals surface area contributed by atoms with Crippen LogP contribution < -0.4 is 10.3 Å². The minimum Gasteiger partial charge on any atom is -0.308 e. The van der Waals surface area contributed by atoms with Crippen molar-refractivity contribution in [3.63, 3.8) is 0 Å². The minimum atomic E-state index is -0.379. The second kappa shape index (κ2) is 5.64. The molecule has 1 heterocycles. The van der Waals surface area contributed by atoms with Gasteiger partial charge in [0, 0.05) is 5.57 Å². The molecule has 0 atom stereocenters. The monoisotopic (exact) mass is 311 g/mol. The van der Waals surface area contributed by atoms with Crippen LogP contribution in [0, 0.1) is 0 Å². The highest BCUT2D eigenvalue weighted by Gasteiger charge is 2.28. The highest BCUT2D eigenvalue weighted by molar-refractivity contribution is 6.44. The van der Waals surface area contributed by atoms with Crippen molar-refractivity contribution in [2.75, 3.05) is 5.01 Å². The summed E-state index contributed by atoms with van der Waals surface area (Å²) in [5.41, 5.74) is 0.711. The fourth-order valence-corrected chi connectivity index (χ4v) is 1.96. The quantitative estimate of drug-likeness (QED) is 0.854. The fraction of sp³-hybridized carbons (Fsp3) is 0.154. The van der Waals surface area contributed by atoms with E-state index in [1.807, 2.05) is 0 Å². The lowest BCUT2D eigenvalue weighted by Crippen LogP contribution is -2.29. The van der Waals surface area contributed by atoms with E-state index >= 15 is 0 Å². The van der Waals surface area contributed by atoms with Crippen molar-refractivity contribution in [1.29, 1.82) is 0 Å². The molecule has 0 saturated heterocycles. The first-order valence-electron chi connectivity index (χ1n) is 5.71. The number of benzene rings is 1.